The van der Waals surface area contributed by atoms with Crippen molar-refractivity contribution in [2.45, 2.75) is 18.2 Å². The zero-order valence-corrected chi connectivity index (χ0v) is 8.80. The van der Waals surface area contributed by atoms with Gasteiger partial charge in [-0.25, -0.2) is 0 Å². The number of nitrogens with two attached hydrogens (primary N) is 1. The lowest BCUT2D eigenvalue weighted by Crippen LogP contribution is -2.39. The van der Waals surface area contributed by atoms with Crippen LogP contribution in [0.15, 0.2) is 0 Å². The molecule has 0 aliphatic heterocycles. The molecule has 2 amide bonds. The first-order valence-corrected chi connectivity index (χ1v) is 4.58. The summed E-state index contributed by atoms with van der Waals surface area (Å²) in [6.07, 6.45) is 0.696. The normalized spacial score (nSPS) is 12.2. The molecule has 0 aliphatic rings. The number of nitrogens with zero attached hydrogens (tertiary/aromatic N) is 1. The second kappa shape index (κ2) is 5.13. The van der Waals surface area contributed by atoms with Crippen LogP contribution >= 0.6 is 15.9 Å². The third kappa shape index (κ3) is 3.71. The summed E-state index contributed by atoms with van der Waals surface area (Å²) in [5.41, 5.74) is 4.92. The topological polar surface area (TPSA) is 63.4 Å². The molecule has 0 aliphatic carbocycles. The number of carbonyl (C=O) groups is 2. The van der Waals surface area contributed by atoms with Crippen LogP contribution in [-0.4, -0.2) is 35.1 Å². The molecule has 1 atom stereocenters. The quantitative estimate of drug-likeness (QED) is 0.705. The van der Waals surface area contributed by atoms with Crippen LogP contribution < -0.4 is 5.73 Å². The van der Waals surface area contributed by atoms with E-state index in [2.05, 4.69) is 15.9 Å². The Morgan fingerprint density at radius 1 is 1.58 bits per heavy atom. The number of alkyl halides is 1. The van der Waals surface area contributed by atoms with Crippen molar-refractivity contribution >= 4 is 27.7 Å². The van der Waals surface area contributed by atoms with Crippen LogP contribution in [0.25, 0.3) is 0 Å². The zero-order chi connectivity index (χ0) is 9.72. The van der Waals surface area contributed by atoms with Crippen molar-refractivity contribution in [1.82, 2.24) is 4.90 Å². The summed E-state index contributed by atoms with van der Waals surface area (Å²) in [6, 6.07) is 0. The number of likely N-dealkylation sites (N-methyl/N-ethyl adjacent to an activating group) is 1. The summed E-state index contributed by atoms with van der Waals surface area (Å²) < 4.78 is 0. The molecule has 0 aromatic carbocycles. The van der Waals surface area contributed by atoms with E-state index < -0.39 is 5.91 Å². The summed E-state index contributed by atoms with van der Waals surface area (Å²) in [5.74, 6) is -0.613. The highest BCUT2D eigenvalue weighted by Gasteiger charge is 2.17. The highest BCUT2D eigenvalue weighted by Crippen LogP contribution is 2.07. The van der Waals surface area contributed by atoms with Crippen molar-refractivity contribution < 1.29 is 9.59 Å². The molecule has 0 bridgehead atoms. The van der Waals surface area contributed by atoms with Gasteiger partial charge in [-0.3, -0.25) is 9.59 Å². The average Bonchev–Trinajstić information content (AvgIpc) is 2.00. The maximum atomic E-state index is 11.3. The third-order valence-electron chi connectivity index (χ3n) is 1.40. The molecule has 70 valence electrons. The number of primary amides is 1. The van der Waals surface area contributed by atoms with Gasteiger partial charge in [0.15, 0.2) is 0 Å². The molecule has 0 aromatic rings. The summed E-state index contributed by atoms with van der Waals surface area (Å²) >= 11 is 3.19. The Bertz CT molecular complexity index is 184. The van der Waals surface area contributed by atoms with Crippen LogP contribution in [0.4, 0.5) is 0 Å². The van der Waals surface area contributed by atoms with E-state index in [1.165, 1.54) is 4.90 Å². The van der Waals surface area contributed by atoms with Gasteiger partial charge in [0, 0.05) is 7.05 Å². The van der Waals surface area contributed by atoms with Crippen molar-refractivity contribution in [1.29, 1.82) is 0 Å². The Morgan fingerprint density at radius 2 is 2.08 bits per heavy atom. The van der Waals surface area contributed by atoms with E-state index in [0.717, 1.165) is 0 Å². The largest absolute Gasteiger partial charge is 0.368 e. The molecule has 1 unspecified atom stereocenters. The van der Waals surface area contributed by atoms with E-state index in [4.69, 9.17) is 5.73 Å². The minimum absolute atomic E-state index is 0.0269. The molecule has 0 fully saturated rings. The van der Waals surface area contributed by atoms with Gasteiger partial charge < -0.3 is 10.6 Å². The highest BCUT2D eigenvalue weighted by molar-refractivity contribution is 9.10. The summed E-state index contributed by atoms with van der Waals surface area (Å²) in [4.78, 5) is 22.8. The van der Waals surface area contributed by atoms with Crippen LogP contribution in [0.5, 0.6) is 0 Å². The fraction of sp³-hybridized carbons (Fsp3) is 0.714. The van der Waals surface area contributed by atoms with E-state index in [1.807, 2.05) is 6.92 Å². The van der Waals surface area contributed by atoms with Crippen molar-refractivity contribution in [2.75, 3.05) is 13.6 Å². The first kappa shape index (κ1) is 11.4. The lowest BCUT2D eigenvalue weighted by atomic mass is 10.3. The number of hydrogen-bond acceptors (Lipinski definition) is 2. The number of amides is 2. The van der Waals surface area contributed by atoms with Gasteiger partial charge in [-0.2, -0.15) is 0 Å². The lowest BCUT2D eigenvalue weighted by molar-refractivity contribution is -0.133. The van der Waals surface area contributed by atoms with Gasteiger partial charge in [-0.15, -0.1) is 0 Å². The van der Waals surface area contributed by atoms with Crippen LogP contribution in [0.1, 0.15) is 13.3 Å². The Balaban J connectivity index is 4.01. The van der Waals surface area contributed by atoms with Gasteiger partial charge >= 0.3 is 0 Å². The average molecular weight is 237 g/mol. The fourth-order valence-corrected chi connectivity index (χ4v) is 1.07. The van der Waals surface area contributed by atoms with E-state index in [1.54, 1.807) is 7.05 Å². The van der Waals surface area contributed by atoms with Crippen LogP contribution in [-0.2, 0) is 9.59 Å². The molecule has 2 N–H and O–H groups in total. The van der Waals surface area contributed by atoms with Crippen molar-refractivity contribution in [3.63, 3.8) is 0 Å². The standard InChI is InChI=1S/C7H13BrN2O2/c1-3-5(8)7(12)10(2)4-6(9)11/h5H,3-4H2,1-2H3,(H2,9,11). The molecule has 0 spiro atoms. The molecule has 5 heteroatoms. The van der Waals surface area contributed by atoms with Gasteiger partial charge in [0.1, 0.15) is 0 Å². The Hall–Kier alpha value is -0.580. The van der Waals surface area contributed by atoms with Gasteiger partial charge in [0.05, 0.1) is 11.4 Å². The number of hydrogen-bond donors (Lipinski definition) is 1. The molecule has 0 aromatic heterocycles. The molecule has 0 rings (SSSR count). The first-order valence-electron chi connectivity index (χ1n) is 3.66. The first-order chi connectivity index (χ1) is 5.49. The Kier molecular flexibility index (Phi) is 4.89. The second-order valence-corrected chi connectivity index (χ2v) is 3.64. The number of halogens is 1. The summed E-state index contributed by atoms with van der Waals surface area (Å²) in [5, 5.41) is 0. The van der Waals surface area contributed by atoms with Crippen molar-refractivity contribution in [2.24, 2.45) is 5.73 Å². The Labute approximate surface area is 80.2 Å². The van der Waals surface area contributed by atoms with Crippen LogP contribution in [0.2, 0.25) is 0 Å². The van der Waals surface area contributed by atoms with Gasteiger partial charge in [0.25, 0.3) is 0 Å². The Morgan fingerprint density at radius 3 is 2.42 bits per heavy atom. The maximum absolute atomic E-state index is 11.3. The molecular weight excluding hydrogens is 224 g/mol. The summed E-state index contributed by atoms with van der Waals surface area (Å²) in [6.45, 7) is 1.86. The third-order valence-corrected chi connectivity index (χ3v) is 2.43. The monoisotopic (exact) mass is 236 g/mol. The molecule has 0 radical (unpaired) electrons. The van der Waals surface area contributed by atoms with E-state index in [-0.39, 0.29) is 17.3 Å². The number of rotatable bonds is 4. The number of carbonyl (C=O) groups excluding carboxylic acids is 2. The molecular formula is C7H13BrN2O2. The van der Waals surface area contributed by atoms with Crippen LogP contribution in [0, 0.1) is 0 Å². The molecule has 0 heterocycles. The van der Waals surface area contributed by atoms with Crippen molar-refractivity contribution in [3.05, 3.63) is 0 Å². The SMILES string of the molecule is CCC(Br)C(=O)N(C)CC(N)=O. The van der Waals surface area contributed by atoms with E-state index >= 15 is 0 Å². The predicted octanol–water partition coefficient (Wildman–Crippen LogP) is 0.104. The van der Waals surface area contributed by atoms with E-state index in [0.29, 0.717) is 6.42 Å². The van der Waals surface area contributed by atoms with Gasteiger partial charge in [0.2, 0.25) is 11.8 Å². The maximum Gasteiger partial charge on any atom is 0.237 e. The smallest absolute Gasteiger partial charge is 0.237 e. The fourth-order valence-electron chi connectivity index (χ4n) is 0.725. The zero-order valence-electron chi connectivity index (χ0n) is 7.21. The molecule has 12 heavy (non-hydrogen) atoms. The lowest BCUT2D eigenvalue weighted by Gasteiger charge is -2.17. The molecule has 0 saturated heterocycles. The van der Waals surface area contributed by atoms with Crippen molar-refractivity contribution in [3.8, 4) is 0 Å². The minimum Gasteiger partial charge on any atom is -0.368 e. The van der Waals surface area contributed by atoms with E-state index in [9.17, 15) is 9.59 Å². The predicted molar refractivity (Wildman–Crippen MR) is 49.8 cm³/mol. The second-order valence-electron chi connectivity index (χ2n) is 2.54. The van der Waals surface area contributed by atoms with Gasteiger partial charge in [-0.1, -0.05) is 22.9 Å². The van der Waals surface area contributed by atoms with Crippen LogP contribution in [0.3, 0.4) is 0 Å². The van der Waals surface area contributed by atoms with Gasteiger partial charge in [-0.05, 0) is 6.42 Å². The molecule has 0 saturated carbocycles. The molecule has 4 nitrogen and oxygen atoms in total. The highest BCUT2D eigenvalue weighted by atomic mass is 79.9. The minimum atomic E-state index is -0.498. The summed E-state index contributed by atoms with van der Waals surface area (Å²) in [7, 11) is 1.55.